The number of benzene rings is 3. The lowest BCUT2D eigenvalue weighted by atomic mass is 9.85. The summed E-state index contributed by atoms with van der Waals surface area (Å²) in [5.41, 5.74) is 3.99. The van der Waals surface area contributed by atoms with E-state index in [1.807, 2.05) is 62.3 Å². The fraction of sp³-hybridized carbons (Fsp3) is 0.514. The summed E-state index contributed by atoms with van der Waals surface area (Å²) in [5.74, 6) is 1.47. The van der Waals surface area contributed by atoms with Crippen molar-refractivity contribution < 1.29 is 30.6 Å². The van der Waals surface area contributed by atoms with Crippen molar-refractivity contribution in [2.24, 2.45) is 0 Å². The first-order chi connectivity index (χ1) is 19.4. The zero-order valence-electron chi connectivity index (χ0n) is 29.1. The fourth-order valence-electron chi connectivity index (χ4n) is 3.85. The summed E-state index contributed by atoms with van der Waals surface area (Å²) in [6.45, 7) is 27.6. The molecule has 0 aliphatic heterocycles. The Bertz CT molecular complexity index is 1160. The first kappa shape index (κ1) is 39.5. The number of rotatable bonds is 1. The first-order valence-electron chi connectivity index (χ1n) is 15.0. The molecule has 0 bridgehead atoms. The Balaban J connectivity index is 0.000000578. The Kier molecular flexibility index (Phi) is 14.5. The van der Waals surface area contributed by atoms with E-state index in [0.29, 0.717) is 16.7 Å². The highest BCUT2D eigenvalue weighted by Gasteiger charge is 2.21. The van der Waals surface area contributed by atoms with Crippen molar-refractivity contribution in [3.05, 3.63) is 69.8 Å². The minimum Gasteiger partial charge on any atom is -0.508 e. The molecule has 6 nitrogen and oxygen atoms in total. The minimum atomic E-state index is -0.144. The first-order valence-corrected chi connectivity index (χ1v) is 15.0. The molecule has 0 radical (unpaired) electrons. The second-order valence-corrected chi connectivity index (χ2v) is 14.2. The Morgan fingerprint density at radius 2 is 0.558 bits per heavy atom. The summed E-state index contributed by atoms with van der Waals surface area (Å²) in [6, 6.07) is 9.67. The number of aryl methyl sites for hydroxylation is 3. The van der Waals surface area contributed by atoms with E-state index in [2.05, 4.69) is 13.8 Å². The molecule has 0 atom stereocenters. The van der Waals surface area contributed by atoms with Gasteiger partial charge in [0.15, 0.2) is 0 Å². The van der Waals surface area contributed by atoms with Crippen LogP contribution in [-0.4, -0.2) is 30.6 Å². The minimum absolute atomic E-state index is 0.144. The summed E-state index contributed by atoms with van der Waals surface area (Å²) < 4.78 is 0. The van der Waals surface area contributed by atoms with Crippen molar-refractivity contribution >= 4 is 0 Å². The number of unbranched alkanes of at least 4 members (excludes halogenated alkanes) is 1. The van der Waals surface area contributed by atoms with Gasteiger partial charge in [-0.3, -0.25) is 0 Å². The van der Waals surface area contributed by atoms with Gasteiger partial charge in [0.2, 0.25) is 0 Å². The maximum Gasteiger partial charge on any atom is 0.119 e. The van der Waals surface area contributed by atoms with Crippen LogP contribution in [0.25, 0.3) is 0 Å². The predicted octanol–water partition coefficient (Wildman–Crippen LogP) is 9.92. The molecular weight excluding hydrogens is 540 g/mol. The van der Waals surface area contributed by atoms with Gasteiger partial charge in [-0.1, -0.05) is 89.0 Å². The molecule has 0 saturated heterocycles. The van der Waals surface area contributed by atoms with Gasteiger partial charge in [-0.15, -0.1) is 0 Å². The van der Waals surface area contributed by atoms with Gasteiger partial charge >= 0.3 is 0 Å². The van der Waals surface area contributed by atoms with E-state index in [-0.39, 0.29) is 50.7 Å². The van der Waals surface area contributed by atoms with Gasteiger partial charge in [-0.2, -0.15) is 0 Å². The van der Waals surface area contributed by atoms with Gasteiger partial charge in [-0.05, 0) is 90.1 Å². The van der Waals surface area contributed by atoms with Crippen molar-refractivity contribution in [3.8, 4) is 34.5 Å². The van der Waals surface area contributed by atoms with Crippen LogP contribution in [0.5, 0.6) is 34.5 Å². The summed E-state index contributed by atoms with van der Waals surface area (Å²) in [5, 5.41) is 57.4. The molecule has 0 aromatic heterocycles. The highest BCUT2D eigenvalue weighted by atomic mass is 16.3. The molecule has 6 heteroatoms. The van der Waals surface area contributed by atoms with Gasteiger partial charge in [0.05, 0.1) is 0 Å². The van der Waals surface area contributed by atoms with Crippen LogP contribution in [0.15, 0.2) is 36.4 Å². The second kappa shape index (κ2) is 15.8. The Labute approximate surface area is 260 Å². The number of hydrogen-bond acceptors (Lipinski definition) is 6. The van der Waals surface area contributed by atoms with Crippen LogP contribution in [0.1, 0.15) is 122 Å². The molecule has 0 fully saturated rings. The van der Waals surface area contributed by atoms with E-state index in [9.17, 15) is 30.6 Å². The van der Waals surface area contributed by atoms with Crippen molar-refractivity contribution in [3.63, 3.8) is 0 Å². The van der Waals surface area contributed by atoms with Gasteiger partial charge in [0, 0.05) is 16.7 Å². The molecule has 3 aromatic rings. The average molecular weight is 599 g/mol. The van der Waals surface area contributed by atoms with Crippen molar-refractivity contribution in [2.75, 3.05) is 0 Å². The maximum absolute atomic E-state index is 9.64. The smallest absolute Gasteiger partial charge is 0.119 e. The molecule has 3 rings (SSSR count). The molecule has 3 aromatic carbocycles. The molecule has 43 heavy (non-hydrogen) atoms. The quantitative estimate of drug-likeness (QED) is 0.155. The number of phenolic OH excluding ortho intramolecular Hbond substituents is 6. The zero-order chi connectivity index (χ0) is 34.1. The third-order valence-electron chi connectivity index (χ3n) is 6.87. The fourth-order valence-corrected chi connectivity index (χ4v) is 3.85. The van der Waals surface area contributed by atoms with Crippen molar-refractivity contribution in [1.29, 1.82) is 0 Å². The van der Waals surface area contributed by atoms with Crippen LogP contribution >= 0.6 is 0 Å². The molecule has 0 saturated carbocycles. The number of aromatic hydroxyl groups is 6. The molecule has 242 valence electrons. The lowest BCUT2D eigenvalue weighted by molar-refractivity contribution is 0.433. The van der Waals surface area contributed by atoms with Crippen LogP contribution in [-0.2, 0) is 16.2 Å². The summed E-state index contributed by atoms with van der Waals surface area (Å²) >= 11 is 0. The largest absolute Gasteiger partial charge is 0.508 e. The molecule has 0 aliphatic carbocycles. The standard InChI is InChI=1S/3C11H16O2.C4H10/c3*1-7-5-10(13)8(6-9(7)12)11(2,3)4;1-3-4-2/h3*5-6,12-13H,1-4H3;3-4H2,1-2H3. The van der Waals surface area contributed by atoms with Crippen LogP contribution in [0, 0.1) is 20.8 Å². The van der Waals surface area contributed by atoms with Crippen LogP contribution in [0.3, 0.4) is 0 Å². The van der Waals surface area contributed by atoms with E-state index in [1.54, 1.807) is 57.2 Å². The normalized spacial score (nSPS) is 11.3. The van der Waals surface area contributed by atoms with E-state index in [1.165, 1.54) is 12.8 Å². The molecule has 0 aliphatic rings. The third-order valence-corrected chi connectivity index (χ3v) is 6.87. The Morgan fingerprint density at radius 1 is 0.372 bits per heavy atom. The van der Waals surface area contributed by atoms with E-state index < -0.39 is 0 Å². The highest BCUT2D eigenvalue weighted by molar-refractivity contribution is 5.49. The highest BCUT2D eigenvalue weighted by Crippen LogP contribution is 2.37. The predicted molar refractivity (Wildman–Crippen MR) is 180 cm³/mol. The number of hydrogen-bond donors (Lipinski definition) is 6. The summed E-state index contributed by atoms with van der Waals surface area (Å²) in [4.78, 5) is 0. The van der Waals surface area contributed by atoms with Crippen LogP contribution < -0.4 is 0 Å². The lowest BCUT2D eigenvalue weighted by Crippen LogP contribution is -2.11. The summed E-state index contributed by atoms with van der Waals surface area (Å²) in [7, 11) is 0. The molecule has 0 heterocycles. The maximum atomic E-state index is 9.64. The lowest BCUT2D eigenvalue weighted by Gasteiger charge is -2.21. The SMILES string of the molecule is CCCC.Cc1cc(O)c(C(C)(C)C)cc1O.Cc1cc(O)c(C(C)(C)C)cc1O.Cc1cc(O)c(C(C)(C)C)cc1O. The van der Waals surface area contributed by atoms with Gasteiger partial charge in [0.25, 0.3) is 0 Å². The molecule has 0 spiro atoms. The summed E-state index contributed by atoms with van der Waals surface area (Å²) in [6.07, 6.45) is 2.64. The molecule has 0 unspecified atom stereocenters. The van der Waals surface area contributed by atoms with Gasteiger partial charge < -0.3 is 30.6 Å². The Hall–Kier alpha value is -3.54. The average Bonchev–Trinajstić information content (AvgIpc) is 2.84. The molecule has 0 amide bonds. The van der Waals surface area contributed by atoms with Crippen LogP contribution in [0.4, 0.5) is 0 Å². The molecular formula is C37H58O6. The van der Waals surface area contributed by atoms with E-state index >= 15 is 0 Å². The number of phenols is 6. The van der Waals surface area contributed by atoms with Crippen LogP contribution in [0.2, 0.25) is 0 Å². The van der Waals surface area contributed by atoms with Crippen molar-refractivity contribution in [2.45, 2.75) is 126 Å². The molecule has 6 N–H and O–H groups in total. The zero-order valence-corrected chi connectivity index (χ0v) is 29.1. The van der Waals surface area contributed by atoms with Gasteiger partial charge in [-0.25, -0.2) is 0 Å². The Morgan fingerprint density at radius 3 is 0.698 bits per heavy atom. The van der Waals surface area contributed by atoms with E-state index in [4.69, 9.17) is 0 Å². The van der Waals surface area contributed by atoms with Gasteiger partial charge in [0.1, 0.15) is 34.5 Å². The van der Waals surface area contributed by atoms with E-state index in [0.717, 1.165) is 16.7 Å². The second-order valence-electron chi connectivity index (χ2n) is 14.2. The van der Waals surface area contributed by atoms with Crippen molar-refractivity contribution in [1.82, 2.24) is 0 Å². The topological polar surface area (TPSA) is 121 Å². The third kappa shape index (κ3) is 12.7. The monoisotopic (exact) mass is 598 g/mol.